The smallest absolute Gasteiger partial charge is 0.261 e. The molecule has 5 rings (SSSR count). The zero-order valence-corrected chi connectivity index (χ0v) is 17.6. The normalized spacial score (nSPS) is 11.8. The van der Waals surface area contributed by atoms with Crippen molar-refractivity contribution in [2.24, 2.45) is 0 Å². The minimum Gasteiger partial charge on any atom is -0.494 e. The Labute approximate surface area is 183 Å². The van der Waals surface area contributed by atoms with Crippen molar-refractivity contribution < 1.29 is 13.5 Å². The van der Waals surface area contributed by atoms with E-state index in [4.69, 9.17) is 11.6 Å². The summed E-state index contributed by atoms with van der Waals surface area (Å²) in [7, 11) is -3.75. The van der Waals surface area contributed by atoms with E-state index in [0.29, 0.717) is 38.4 Å². The van der Waals surface area contributed by atoms with Crippen LogP contribution in [0.25, 0.3) is 33.1 Å². The number of halogens is 1. The highest BCUT2D eigenvalue weighted by Gasteiger charge is 2.18. The molecule has 31 heavy (non-hydrogen) atoms. The number of aromatic amines is 1. The van der Waals surface area contributed by atoms with Crippen LogP contribution < -0.4 is 4.72 Å². The first kappa shape index (κ1) is 19.4. The minimum absolute atomic E-state index is 0.0723. The number of aromatic nitrogens is 2. The molecule has 0 aliphatic rings. The second kappa shape index (κ2) is 7.30. The van der Waals surface area contributed by atoms with Gasteiger partial charge in [0, 0.05) is 22.0 Å². The van der Waals surface area contributed by atoms with Crippen molar-refractivity contribution in [1.29, 1.82) is 0 Å². The first-order chi connectivity index (χ1) is 14.9. The van der Waals surface area contributed by atoms with Crippen molar-refractivity contribution in [3.63, 3.8) is 0 Å². The molecule has 154 valence electrons. The van der Waals surface area contributed by atoms with E-state index in [2.05, 4.69) is 14.7 Å². The summed E-state index contributed by atoms with van der Waals surface area (Å²) in [5.74, 6) is -0.0723. The largest absolute Gasteiger partial charge is 0.494 e. The summed E-state index contributed by atoms with van der Waals surface area (Å²) in [6.45, 7) is 0. The van der Waals surface area contributed by atoms with Crippen LogP contribution in [0.15, 0.2) is 83.8 Å². The summed E-state index contributed by atoms with van der Waals surface area (Å²) >= 11 is 6.45. The van der Waals surface area contributed by atoms with E-state index in [0.717, 1.165) is 5.39 Å². The first-order valence-electron chi connectivity index (χ1n) is 9.40. The summed E-state index contributed by atoms with van der Waals surface area (Å²) in [5, 5.41) is 12.5. The molecule has 0 fully saturated rings. The molecule has 3 N–H and O–H groups in total. The quantitative estimate of drug-likeness (QED) is 0.335. The van der Waals surface area contributed by atoms with Crippen LogP contribution in [0.2, 0.25) is 5.02 Å². The van der Waals surface area contributed by atoms with Crippen LogP contribution in [-0.4, -0.2) is 23.5 Å². The lowest BCUT2D eigenvalue weighted by atomic mass is 10.1. The van der Waals surface area contributed by atoms with E-state index in [1.807, 2.05) is 24.3 Å². The molecule has 0 spiro atoms. The third-order valence-corrected chi connectivity index (χ3v) is 6.72. The second-order valence-electron chi connectivity index (χ2n) is 7.03. The molecule has 0 aliphatic heterocycles. The molecular formula is C23H16ClN3O3S. The lowest BCUT2D eigenvalue weighted by Crippen LogP contribution is -2.12. The van der Waals surface area contributed by atoms with Crippen LogP contribution >= 0.6 is 11.6 Å². The molecule has 3 aromatic carbocycles. The molecule has 6 nitrogen and oxygen atoms in total. The third kappa shape index (κ3) is 3.48. The van der Waals surface area contributed by atoms with Gasteiger partial charge in [-0.15, -0.1) is 0 Å². The van der Waals surface area contributed by atoms with E-state index in [9.17, 15) is 13.5 Å². The number of nitrogens with zero attached hydrogens (tertiary/aromatic N) is 1. The number of para-hydroxylation sites is 1. The number of hydrogen-bond acceptors (Lipinski definition) is 4. The Kier molecular flexibility index (Phi) is 4.57. The molecule has 0 bridgehead atoms. The molecule has 0 unspecified atom stereocenters. The van der Waals surface area contributed by atoms with Gasteiger partial charge in [0.05, 0.1) is 26.7 Å². The number of benzene rings is 3. The summed E-state index contributed by atoms with van der Waals surface area (Å²) < 4.78 is 28.0. The number of pyridine rings is 1. The highest BCUT2D eigenvalue weighted by molar-refractivity contribution is 7.92. The summed E-state index contributed by atoms with van der Waals surface area (Å²) in [6.07, 6.45) is 0. The lowest BCUT2D eigenvalue weighted by molar-refractivity contribution is 0.460. The fourth-order valence-corrected chi connectivity index (χ4v) is 4.91. The molecule has 2 heterocycles. The standard InChI is InChI=1S/C23H16ClN3O3S/c24-18-13-21(25-19-9-5-4-8-16(18)19)22-17-12-14(10-11-20(17)26-23(22)28)27-31(29,30)15-6-2-1-3-7-15/h1-13,26-28H. The van der Waals surface area contributed by atoms with Crippen molar-refractivity contribution in [2.45, 2.75) is 4.90 Å². The molecule has 0 amide bonds. The number of aromatic hydroxyl groups is 1. The van der Waals surface area contributed by atoms with E-state index in [-0.39, 0.29) is 10.8 Å². The van der Waals surface area contributed by atoms with Crippen LogP contribution in [0.5, 0.6) is 5.88 Å². The molecule has 0 radical (unpaired) electrons. The van der Waals surface area contributed by atoms with E-state index < -0.39 is 10.0 Å². The molecule has 0 saturated heterocycles. The Morgan fingerprint density at radius 3 is 2.45 bits per heavy atom. The summed E-state index contributed by atoms with van der Waals surface area (Å²) in [4.78, 5) is 7.71. The van der Waals surface area contributed by atoms with Crippen molar-refractivity contribution >= 4 is 49.1 Å². The van der Waals surface area contributed by atoms with Crippen LogP contribution in [0.1, 0.15) is 0 Å². The van der Waals surface area contributed by atoms with Crippen LogP contribution in [0.4, 0.5) is 5.69 Å². The van der Waals surface area contributed by atoms with Gasteiger partial charge < -0.3 is 10.1 Å². The topological polar surface area (TPSA) is 95.1 Å². The predicted molar refractivity (Wildman–Crippen MR) is 123 cm³/mol. The van der Waals surface area contributed by atoms with Gasteiger partial charge >= 0.3 is 0 Å². The van der Waals surface area contributed by atoms with Gasteiger partial charge in [0.15, 0.2) is 5.88 Å². The monoisotopic (exact) mass is 449 g/mol. The Morgan fingerprint density at radius 2 is 1.65 bits per heavy atom. The fourth-order valence-electron chi connectivity index (χ4n) is 3.58. The van der Waals surface area contributed by atoms with Gasteiger partial charge in [-0.25, -0.2) is 13.4 Å². The van der Waals surface area contributed by atoms with Gasteiger partial charge in [0.2, 0.25) is 0 Å². The van der Waals surface area contributed by atoms with Gasteiger partial charge in [0.25, 0.3) is 10.0 Å². The van der Waals surface area contributed by atoms with Gasteiger partial charge in [-0.3, -0.25) is 4.72 Å². The Bertz CT molecular complexity index is 1550. The third-order valence-electron chi connectivity index (χ3n) is 5.01. The number of fused-ring (bicyclic) bond motifs is 2. The number of sulfonamides is 1. The average molecular weight is 450 g/mol. The van der Waals surface area contributed by atoms with Crippen molar-refractivity contribution in [1.82, 2.24) is 9.97 Å². The summed E-state index contributed by atoms with van der Waals surface area (Å²) in [6, 6.07) is 22.3. The zero-order valence-electron chi connectivity index (χ0n) is 16.0. The maximum atomic E-state index is 12.7. The molecule has 8 heteroatoms. The zero-order chi connectivity index (χ0) is 21.6. The minimum atomic E-state index is -3.75. The predicted octanol–water partition coefficient (Wildman–Crippen LogP) is 5.54. The number of rotatable bonds is 4. The summed E-state index contributed by atoms with van der Waals surface area (Å²) in [5.41, 5.74) is 2.63. The number of H-pyrrole nitrogens is 1. The number of hydrogen-bond donors (Lipinski definition) is 3. The van der Waals surface area contributed by atoms with E-state index >= 15 is 0 Å². The van der Waals surface area contributed by atoms with Gasteiger partial charge in [0.1, 0.15) is 0 Å². The Hall–Kier alpha value is -3.55. The lowest BCUT2D eigenvalue weighted by Gasteiger charge is -2.09. The fraction of sp³-hybridized carbons (Fsp3) is 0. The maximum absolute atomic E-state index is 12.7. The molecule has 0 saturated carbocycles. The van der Waals surface area contributed by atoms with Crippen molar-refractivity contribution in [2.75, 3.05) is 4.72 Å². The van der Waals surface area contributed by atoms with Gasteiger partial charge in [-0.2, -0.15) is 0 Å². The second-order valence-corrected chi connectivity index (χ2v) is 9.12. The van der Waals surface area contributed by atoms with Crippen LogP contribution in [0, 0.1) is 0 Å². The van der Waals surface area contributed by atoms with Gasteiger partial charge in [-0.1, -0.05) is 48.0 Å². The Balaban J connectivity index is 1.63. The maximum Gasteiger partial charge on any atom is 0.261 e. The van der Waals surface area contributed by atoms with Crippen molar-refractivity contribution in [3.8, 4) is 17.1 Å². The molecular weight excluding hydrogens is 434 g/mol. The van der Waals surface area contributed by atoms with Crippen molar-refractivity contribution in [3.05, 3.63) is 83.9 Å². The average Bonchev–Trinajstić information content (AvgIpc) is 3.09. The van der Waals surface area contributed by atoms with E-state index in [1.165, 1.54) is 12.1 Å². The van der Waals surface area contributed by atoms with Crippen LogP contribution in [-0.2, 0) is 10.0 Å². The number of anilines is 1. The SMILES string of the molecule is O=S(=O)(Nc1ccc2[nH]c(O)c(-c3cc(Cl)c4ccccc4n3)c2c1)c1ccccc1. The molecule has 0 aliphatic carbocycles. The highest BCUT2D eigenvalue weighted by atomic mass is 35.5. The number of nitrogens with one attached hydrogen (secondary N) is 2. The molecule has 2 aromatic heterocycles. The van der Waals surface area contributed by atoms with Gasteiger partial charge in [-0.05, 0) is 42.5 Å². The van der Waals surface area contributed by atoms with Crippen LogP contribution in [0.3, 0.4) is 0 Å². The Morgan fingerprint density at radius 1 is 0.903 bits per heavy atom. The highest BCUT2D eigenvalue weighted by Crippen LogP contribution is 2.39. The van der Waals surface area contributed by atoms with E-state index in [1.54, 1.807) is 42.5 Å². The first-order valence-corrected chi connectivity index (χ1v) is 11.3. The molecule has 0 atom stereocenters. The molecule has 5 aromatic rings.